The van der Waals surface area contributed by atoms with Gasteiger partial charge in [-0.05, 0) is 50.4 Å². The van der Waals surface area contributed by atoms with Gasteiger partial charge in [-0.15, -0.1) is 0 Å². The van der Waals surface area contributed by atoms with Crippen LogP contribution in [0.25, 0.3) is 0 Å². The van der Waals surface area contributed by atoms with Crippen LogP contribution in [0.2, 0.25) is 0 Å². The van der Waals surface area contributed by atoms with Crippen molar-refractivity contribution < 1.29 is 5.11 Å². The zero-order chi connectivity index (χ0) is 14.6. The Labute approximate surface area is 130 Å². The third kappa shape index (κ3) is 4.21. The highest BCUT2D eigenvalue weighted by Gasteiger charge is 2.25. The topological polar surface area (TPSA) is 35.5 Å². The Morgan fingerprint density at radius 3 is 2.90 bits per heavy atom. The second kappa shape index (κ2) is 6.92. The zero-order valence-electron chi connectivity index (χ0n) is 12.5. The molecule has 4 heteroatoms. The van der Waals surface area contributed by atoms with Gasteiger partial charge in [0.1, 0.15) is 0 Å². The molecule has 3 nitrogen and oxygen atoms in total. The van der Waals surface area contributed by atoms with Gasteiger partial charge >= 0.3 is 0 Å². The van der Waals surface area contributed by atoms with Gasteiger partial charge in [0.25, 0.3) is 0 Å². The first kappa shape index (κ1) is 15.8. The first-order valence-corrected chi connectivity index (χ1v) is 8.27. The number of halogens is 1. The summed E-state index contributed by atoms with van der Waals surface area (Å²) in [6.07, 6.45) is 2.76. The molecule has 2 N–H and O–H groups in total. The second-order valence-electron chi connectivity index (χ2n) is 5.89. The van der Waals surface area contributed by atoms with Crippen molar-refractivity contribution in [3.8, 4) is 0 Å². The van der Waals surface area contributed by atoms with Crippen LogP contribution in [0.15, 0.2) is 22.7 Å². The molecular formula is C16H25BrN2O. The van der Waals surface area contributed by atoms with Crippen LogP contribution in [0, 0.1) is 0 Å². The first-order valence-electron chi connectivity index (χ1n) is 7.48. The molecule has 0 spiro atoms. The Kier molecular flexibility index (Phi) is 5.47. The maximum atomic E-state index is 10.2. The second-order valence-corrected chi connectivity index (χ2v) is 6.81. The molecular weight excluding hydrogens is 316 g/mol. The molecule has 1 aromatic rings. The molecule has 0 aromatic heterocycles. The molecule has 1 fully saturated rings. The van der Waals surface area contributed by atoms with E-state index in [-0.39, 0.29) is 0 Å². The lowest BCUT2D eigenvalue weighted by molar-refractivity contribution is 0.0481. The third-order valence-electron chi connectivity index (χ3n) is 4.02. The summed E-state index contributed by atoms with van der Waals surface area (Å²) in [6, 6.07) is 6.49. The van der Waals surface area contributed by atoms with Gasteiger partial charge in [-0.3, -0.25) is 0 Å². The summed E-state index contributed by atoms with van der Waals surface area (Å²) >= 11 is 3.58. The average molecular weight is 341 g/mol. The summed E-state index contributed by atoms with van der Waals surface area (Å²) in [4.78, 5) is 2.42. The summed E-state index contributed by atoms with van der Waals surface area (Å²) in [7, 11) is 0. The summed E-state index contributed by atoms with van der Waals surface area (Å²) in [5.74, 6) is 0. The zero-order valence-corrected chi connectivity index (χ0v) is 14.0. The van der Waals surface area contributed by atoms with Gasteiger partial charge in [0.2, 0.25) is 0 Å². The van der Waals surface area contributed by atoms with E-state index in [1.54, 1.807) is 0 Å². The fourth-order valence-electron chi connectivity index (χ4n) is 2.74. The van der Waals surface area contributed by atoms with Crippen LogP contribution in [0.5, 0.6) is 0 Å². The monoisotopic (exact) mass is 340 g/mol. The number of nitrogens with zero attached hydrogens (tertiary/aromatic N) is 1. The van der Waals surface area contributed by atoms with E-state index in [0.717, 1.165) is 49.9 Å². The number of rotatable bonds is 4. The summed E-state index contributed by atoms with van der Waals surface area (Å²) in [5, 5.41) is 13.6. The van der Waals surface area contributed by atoms with Gasteiger partial charge in [0, 0.05) is 29.8 Å². The van der Waals surface area contributed by atoms with Crippen LogP contribution in [0.4, 0.5) is 5.69 Å². The van der Waals surface area contributed by atoms with Crippen LogP contribution in [-0.4, -0.2) is 30.3 Å². The number of anilines is 1. The van der Waals surface area contributed by atoms with Crippen LogP contribution >= 0.6 is 15.9 Å². The SMILES string of the molecule is CCNCc1ccc(Br)cc1N1CCCC(C)(O)CC1. The van der Waals surface area contributed by atoms with E-state index >= 15 is 0 Å². The lowest BCUT2D eigenvalue weighted by Gasteiger charge is -2.27. The molecule has 0 bridgehead atoms. The predicted molar refractivity (Wildman–Crippen MR) is 88.2 cm³/mol. The van der Waals surface area contributed by atoms with Gasteiger partial charge in [-0.25, -0.2) is 0 Å². The van der Waals surface area contributed by atoms with E-state index in [9.17, 15) is 5.11 Å². The Morgan fingerprint density at radius 1 is 1.35 bits per heavy atom. The van der Waals surface area contributed by atoms with E-state index in [1.165, 1.54) is 11.3 Å². The van der Waals surface area contributed by atoms with Crippen LogP contribution in [0.3, 0.4) is 0 Å². The summed E-state index contributed by atoms with van der Waals surface area (Å²) < 4.78 is 1.11. The van der Waals surface area contributed by atoms with Gasteiger partial charge in [0.05, 0.1) is 5.60 Å². The Morgan fingerprint density at radius 2 is 2.15 bits per heavy atom. The van der Waals surface area contributed by atoms with Crippen molar-refractivity contribution in [1.29, 1.82) is 0 Å². The highest BCUT2D eigenvalue weighted by Crippen LogP contribution is 2.29. The minimum atomic E-state index is -0.511. The Bertz CT molecular complexity index is 448. The normalized spacial score (nSPS) is 23.7. The van der Waals surface area contributed by atoms with Crippen molar-refractivity contribution in [3.63, 3.8) is 0 Å². The molecule has 2 rings (SSSR count). The molecule has 1 aliphatic rings. The summed E-state index contributed by atoms with van der Waals surface area (Å²) in [5.41, 5.74) is 2.11. The van der Waals surface area contributed by atoms with E-state index < -0.39 is 5.60 Å². The Balaban J connectivity index is 2.19. The van der Waals surface area contributed by atoms with Crippen LogP contribution in [0.1, 0.15) is 38.7 Å². The maximum absolute atomic E-state index is 10.2. The van der Waals surface area contributed by atoms with Crippen LogP contribution < -0.4 is 10.2 Å². The molecule has 0 saturated carbocycles. The molecule has 1 aliphatic heterocycles. The van der Waals surface area contributed by atoms with Crippen molar-refractivity contribution in [3.05, 3.63) is 28.2 Å². The summed E-state index contributed by atoms with van der Waals surface area (Å²) in [6.45, 7) is 7.89. The van der Waals surface area contributed by atoms with E-state index in [0.29, 0.717) is 0 Å². The molecule has 1 aromatic carbocycles. The number of hydrogen-bond donors (Lipinski definition) is 2. The molecule has 0 radical (unpaired) electrons. The number of nitrogens with one attached hydrogen (secondary N) is 1. The fourth-order valence-corrected chi connectivity index (χ4v) is 3.09. The molecule has 1 saturated heterocycles. The predicted octanol–water partition coefficient (Wildman–Crippen LogP) is 3.30. The van der Waals surface area contributed by atoms with Crippen molar-refractivity contribution in [2.24, 2.45) is 0 Å². The quantitative estimate of drug-likeness (QED) is 0.882. The smallest absolute Gasteiger partial charge is 0.0637 e. The lowest BCUT2D eigenvalue weighted by Crippen LogP contribution is -2.29. The molecule has 112 valence electrons. The van der Waals surface area contributed by atoms with Crippen LogP contribution in [-0.2, 0) is 6.54 Å². The van der Waals surface area contributed by atoms with Gasteiger partial charge in [0.15, 0.2) is 0 Å². The molecule has 0 amide bonds. The minimum Gasteiger partial charge on any atom is -0.390 e. The Hall–Kier alpha value is -0.580. The largest absolute Gasteiger partial charge is 0.390 e. The van der Waals surface area contributed by atoms with Gasteiger partial charge < -0.3 is 15.3 Å². The minimum absolute atomic E-state index is 0.511. The van der Waals surface area contributed by atoms with Gasteiger partial charge in [-0.1, -0.05) is 28.9 Å². The molecule has 0 aliphatic carbocycles. The van der Waals surface area contributed by atoms with Crippen molar-refractivity contribution in [2.75, 3.05) is 24.5 Å². The maximum Gasteiger partial charge on any atom is 0.0637 e. The lowest BCUT2D eigenvalue weighted by atomic mass is 9.98. The van der Waals surface area contributed by atoms with E-state index in [2.05, 4.69) is 51.3 Å². The van der Waals surface area contributed by atoms with E-state index in [1.807, 2.05) is 6.92 Å². The van der Waals surface area contributed by atoms with Crippen molar-refractivity contribution in [1.82, 2.24) is 5.32 Å². The number of benzene rings is 1. The molecule has 1 atom stereocenters. The highest BCUT2D eigenvalue weighted by atomic mass is 79.9. The molecule has 1 unspecified atom stereocenters. The van der Waals surface area contributed by atoms with Gasteiger partial charge in [-0.2, -0.15) is 0 Å². The van der Waals surface area contributed by atoms with Crippen molar-refractivity contribution in [2.45, 2.75) is 45.3 Å². The van der Waals surface area contributed by atoms with E-state index in [4.69, 9.17) is 0 Å². The first-order chi connectivity index (χ1) is 9.52. The number of hydrogen-bond acceptors (Lipinski definition) is 3. The highest BCUT2D eigenvalue weighted by molar-refractivity contribution is 9.10. The third-order valence-corrected chi connectivity index (χ3v) is 4.51. The average Bonchev–Trinajstić information content (AvgIpc) is 2.58. The number of aliphatic hydroxyl groups is 1. The molecule has 1 heterocycles. The standard InChI is InChI=1S/C16H25BrN2O/c1-3-18-12-13-5-6-14(17)11-15(13)19-9-4-7-16(2,20)8-10-19/h5-6,11,18,20H,3-4,7-10,12H2,1-2H3. The van der Waals surface area contributed by atoms with Crippen molar-refractivity contribution >= 4 is 21.6 Å². The molecule has 20 heavy (non-hydrogen) atoms. The fraction of sp³-hybridized carbons (Fsp3) is 0.625.